The monoisotopic (exact) mass is 1180 g/mol. The Morgan fingerprint density at radius 2 is 0.753 bits per heavy atom. The lowest BCUT2D eigenvalue weighted by Crippen LogP contribution is -2.29. The van der Waals surface area contributed by atoms with Gasteiger partial charge in [-0.2, -0.15) is 0 Å². The first-order valence-corrected chi connectivity index (χ1v) is 33.2. The van der Waals surface area contributed by atoms with Gasteiger partial charge >= 0.3 is 0 Å². The molecule has 2 atom stereocenters. The molecular weight excluding hydrogens is 1100 g/mol. The van der Waals surface area contributed by atoms with E-state index in [1.165, 1.54) is 64.7 Å². The van der Waals surface area contributed by atoms with E-state index in [4.69, 9.17) is 8.83 Å². The summed E-state index contributed by atoms with van der Waals surface area (Å²) in [6, 6.07) is 87.3. The van der Waals surface area contributed by atoms with Crippen molar-refractivity contribution in [3.05, 3.63) is 275 Å². The standard InChI is InChI=1S/C84H77N2O2S/c1-80(2,3)52-32-34-55(35-33-52)84(57-41-47-72-65(49-57)64-48-56(83(10,11)12)40-46-71(64)87-72)66-50-68(85(58-24-16-14-17-25-58)60-42-36-53(37-43-60)81(4,5)6)74-62-28-20-22-30-70(62)88-78(74)76(66)77-67(84)51-69(75-63-29-21-23-31-73(63)89(13)79(75)77)86(59-26-18-15-19-27-59)61-44-38-54(39-45-61)82(7,8)9/h14-51H,1-13H3/q+1. The number of furan rings is 2. The van der Waals surface area contributed by atoms with Crippen LogP contribution >= 0.6 is 10.5 Å². The smallest absolute Gasteiger partial charge is 0.191 e. The normalized spacial score (nSPS) is 14.8. The SMILES string of the molecule is C[s+]1c2ccccc2c2c(N(c3ccccc3)c3ccc(C(C)(C)C)cc3)cc3c(c21)-c1c(cc(N(c2ccccc2)c2ccc(C(C)(C)C)cc2)c2c1oc1ccccc12)C3(c1ccc(C(C)(C)C)cc1)c1ccc2oc3ccc(C(C)(C)C)cc3c2c1. The molecule has 0 radical (unpaired) electrons. The summed E-state index contributed by atoms with van der Waals surface area (Å²) in [4.78, 5) is 5.03. The largest absolute Gasteiger partial charge is 0.456 e. The predicted octanol–water partition coefficient (Wildman–Crippen LogP) is 24.6. The lowest BCUT2D eigenvalue weighted by molar-refractivity contribution is 0.589. The lowest BCUT2D eigenvalue weighted by atomic mass is 9.66. The van der Waals surface area contributed by atoms with Crippen molar-refractivity contribution in [1.29, 1.82) is 0 Å². The molecule has 5 heteroatoms. The van der Waals surface area contributed by atoms with Crippen molar-refractivity contribution in [2.24, 2.45) is 6.26 Å². The number of para-hydroxylation sites is 3. The fourth-order valence-electron chi connectivity index (χ4n) is 14.4. The molecule has 89 heavy (non-hydrogen) atoms. The fraction of sp³-hybridized carbons (Fsp3) is 0.214. The maximum Gasteiger partial charge on any atom is 0.191 e. The van der Waals surface area contributed by atoms with Gasteiger partial charge in [-0.25, -0.2) is 0 Å². The number of thiophene rings is 1. The van der Waals surface area contributed by atoms with Gasteiger partial charge in [-0.1, -0.05) is 210 Å². The summed E-state index contributed by atoms with van der Waals surface area (Å²) in [7, 11) is -0.412. The van der Waals surface area contributed by atoms with Crippen LogP contribution < -0.4 is 9.80 Å². The molecule has 0 saturated carbocycles. The van der Waals surface area contributed by atoms with Crippen LogP contribution in [0, 0.1) is 0 Å². The molecule has 11 aromatic carbocycles. The van der Waals surface area contributed by atoms with Crippen LogP contribution in [-0.2, 0) is 33.3 Å². The number of benzene rings is 11. The van der Waals surface area contributed by atoms with Crippen LogP contribution in [-0.4, -0.2) is 0 Å². The molecule has 14 aromatic rings. The first-order chi connectivity index (χ1) is 42.6. The summed E-state index contributed by atoms with van der Waals surface area (Å²) in [6.45, 7) is 27.6. The average Bonchev–Trinajstić information content (AvgIpc) is 1.51. The predicted molar refractivity (Wildman–Crippen MR) is 381 cm³/mol. The highest BCUT2D eigenvalue weighted by Crippen LogP contribution is 2.66. The summed E-state index contributed by atoms with van der Waals surface area (Å²) in [5, 5.41) is 6.87. The van der Waals surface area contributed by atoms with Crippen molar-refractivity contribution in [1.82, 2.24) is 0 Å². The van der Waals surface area contributed by atoms with Gasteiger partial charge in [0.15, 0.2) is 9.40 Å². The number of nitrogens with zero attached hydrogens (tertiary/aromatic N) is 2. The van der Waals surface area contributed by atoms with Gasteiger partial charge in [0.2, 0.25) is 0 Å². The number of fused-ring (bicyclic) bond motifs is 14. The number of rotatable bonds is 8. The highest BCUT2D eigenvalue weighted by molar-refractivity contribution is 7.42. The van der Waals surface area contributed by atoms with Gasteiger partial charge in [0.05, 0.1) is 33.1 Å². The Morgan fingerprint density at radius 1 is 0.337 bits per heavy atom. The molecule has 0 N–H and O–H groups in total. The highest BCUT2D eigenvalue weighted by atomic mass is 32.2. The van der Waals surface area contributed by atoms with Crippen LogP contribution in [0.15, 0.2) is 239 Å². The van der Waals surface area contributed by atoms with Crippen molar-refractivity contribution in [3.8, 4) is 11.1 Å². The van der Waals surface area contributed by atoms with Crippen LogP contribution in [0.2, 0.25) is 0 Å². The van der Waals surface area contributed by atoms with Gasteiger partial charge in [-0.3, -0.25) is 0 Å². The van der Waals surface area contributed by atoms with Crippen molar-refractivity contribution >= 4 is 109 Å². The fourth-order valence-corrected chi connectivity index (χ4v) is 16.5. The van der Waals surface area contributed by atoms with Crippen molar-refractivity contribution < 1.29 is 8.83 Å². The van der Waals surface area contributed by atoms with E-state index in [0.29, 0.717) is 0 Å². The second kappa shape index (κ2) is 20.2. The highest BCUT2D eigenvalue weighted by Gasteiger charge is 2.52. The Kier molecular flexibility index (Phi) is 12.8. The molecule has 1 aliphatic rings. The zero-order valence-corrected chi connectivity index (χ0v) is 54.4. The van der Waals surface area contributed by atoms with Crippen molar-refractivity contribution in [2.45, 2.75) is 110 Å². The third-order valence-electron chi connectivity index (χ3n) is 19.2. The minimum absolute atomic E-state index is 0.0309. The quantitative estimate of drug-likeness (QED) is 0.142. The van der Waals surface area contributed by atoms with E-state index in [-0.39, 0.29) is 21.7 Å². The average molecular weight is 1180 g/mol. The molecule has 0 bridgehead atoms. The third-order valence-corrected chi connectivity index (χ3v) is 21.2. The Balaban J connectivity index is 1.18. The lowest BCUT2D eigenvalue weighted by Gasteiger charge is -2.36. The second-order valence-corrected chi connectivity index (χ2v) is 30.8. The molecule has 3 heterocycles. The van der Waals surface area contributed by atoms with Gasteiger partial charge in [-0.15, -0.1) is 0 Å². The molecule has 0 amide bonds. The van der Waals surface area contributed by atoms with Crippen LogP contribution in [0.1, 0.15) is 128 Å². The molecule has 15 rings (SSSR count). The molecule has 440 valence electrons. The summed E-state index contributed by atoms with van der Waals surface area (Å²) in [6.07, 6.45) is 2.47. The van der Waals surface area contributed by atoms with Crippen LogP contribution in [0.4, 0.5) is 34.1 Å². The number of hydrogen-bond donors (Lipinski definition) is 0. The molecule has 3 aromatic heterocycles. The Morgan fingerprint density at radius 3 is 1.30 bits per heavy atom. The zero-order chi connectivity index (χ0) is 61.7. The third kappa shape index (κ3) is 8.89. The molecule has 4 nitrogen and oxygen atoms in total. The Labute approximate surface area is 526 Å². The van der Waals surface area contributed by atoms with E-state index in [0.717, 1.165) is 89.1 Å². The molecular formula is C84H77N2O2S+. The Bertz CT molecular complexity index is 5090. The second-order valence-electron chi connectivity index (χ2n) is 28.9. The van der Waals surface area contributed by atoms with Crippen LogP contribution in [0.5, 0.6) is 0 Å². The van der Waals surface area contributed by atoms with Gasteiger partial charge < -0.3 is 18.6 Å². The van der Waals surface area contributed by atoms with E-state index in [9.17, 15) is 0 Å². The summed E-state index contributed by atoms with van der Waals surface area (Å²) in [5.74, 6) is 0. The van der Waals surface area contributed by atoms with Gasteiger partial charge in [0, 0.05) is 49.9 Å². The number of anilines is 6. The molecule has 0 aliphatic heterocycles. The summed E-state index contributed by atoms with van der Waals surface area (Å²) in [5.41, 5.74) is 20.9. The van der Waals surface area contributed by atoms with Crippen LogP contribution in [0.25, 0.3) is 75.2 Å². The minimum atomic E-state index is -0.970. The topological polar surface area (TPSA) is 32.8 Å². The Hall–Kier alpha value is -9.16. The van der Waals surface area contributed by atoms with E-state index < -0.39 is 15.9 Å². The van der Waals surface area contributed by atoms with Gasteiger partial charge in [-0.05, 0) is 180 Å². The first-order valence-electron chi connectivity index (χ1n) is 31.5. The maximum atomic E-state index is 7.75. The minimum Gasteiger partial charge on any atom is -0.456 e. The van der Waals surface area contributed by atoms with Crippen molar-refractivity contribution in [3.63, 3.8) is 0 Å². The molecule has 0 fully saturated rings. The molecule has 0 saturated heterocycles. The summed E-state index contributed by atoms with van der Waals surface area (Å²) < 4.78 is 17.3. The summed E-state index contributed by atoms with van der Waals surface area (Å²) >= 11 is 0. The number of hydrogen-bond acceptors (Lipinski definition) is 4. The molecule has 1 aliphatic carbocycles. The maximum absolute atomic E-state index is 7.75. The van der Waals surface area contributed by atoms with Crippen LogP contribution in [0.3, 0.4) is 0 Å². The first kappa shape index (κ1) is 56.4. The zero-order valence-electron chi connectivity index (χ0n) is 53.6. The van der Waals surface area contributed by atoms with E-state index in [1.54, 1.807) is 0 Å². The van der Waals surface area contributed by atoms with E-state index in [1.807, 2.05) is 0 Å². The van der Waals surface area contributed by atoms with Gasteiger partial charge in [0.1, 0.15) is 28.6 Å². The van der Waals surface area contributed by atoms with E-state index in [2.05, 4.69) is 330 Å². The number of aryl methyl sites for hydroxylation is 1. The van der Waals surface area contributed by atoms with Crippen molar-refractivity contribution in [2.75, 3.05) is 9.80 Å². The molecule has 2 unspecified atom stereocenters. The van der Waals surface area contributed by atoms with Gasteiger partial charge in [0.25, 0.3) is 0 Å². The van der Waals surface area contributed by atoms with E-state index >= 15 is 0 Å². The molecule has 0 spiro atoms.